The van der Waals surface area contributed by atoms with E-state index >= 15 is 0 Å². The van der Waals surface area contributed by atoms with Gasteiger partial charge in [0.15, 0.2) is 6.61 Å². The molecule has 0 atom stereocenters. The van der Waals surface area contributed by atoms with Crippen LogP contribution in [0.2, 0.25) is 0 Å². The van der Waals surface area contributed by atoms with Gasteiger partial charge in [-0.15, -0.1) is 0 Å². The van der Waals surface area contributed by atoms with Gasteiger partial charge in [0.25, 0.3) is 5.91 Å². The molecule has 0 bridgehead atoms. The molecule has 0 unspecified atom stereocenters. The first-order chi connectivity index (χ1) is 11.2. The normalized spacial score (nSPS) is 10.5. The van der Waals surface area contributed by atoms with Crippen molar-refractivity contribution in [3.05, 3.63) is 71.8 Å². The number of nitrogens with one attached hydrogen (secondary N) is 1. The molecular weight excluding hydrogens is 290 g/mol. The van der Waals surface area contributed by atoms with Crippen LogP contribution < -0.4 is 5.32 Å². The van der Waals surface area contributed by atoms with E-state index in [0.29, 0.717) is 5.69 Å². The average Bonchev–Trinajstić information content (AvgIpc) is 2.59. The Morgan fingerprint density at radius 2 is 1.87 bits per heavy atom. The van der Waals surface area contributed by atoms with Crippen LogP contribution in [0, 0.1) is 0 Å². The van der Waals surface area contributed by atoms with E-state index in [0.717, 1.165) is 17.5 Å². The summed E-state index contributed by atoms with van der Waals surface area (Å²) < 4.78 is 4.92. The van der Waals surface area contributed by atoms with E-state index in [-0.39, 0.29) is 12.5 Å². The van der Waals surface area contributed by atoms with E-state index < -0.39 is 5.97 Å². The molecule has 0 aromatic heterocycles. The van der Waals surface area contributed by atoms with Crippen molar-refractivity contribution in [2.75, 3.05) is 11.9 Å². The second-order valence-corrected chi connectivity index (χ2v) is 4.95. The average molecular weight is 309 g/mol. The van der Waals surface area contributed by atoms with Crippen molar-refractivity contribution in [1.82, 2.24) is 0 Å². The van der Waals surface area contributed by atoms with Gasteiger partial charge in [-0.1, -0.05) is 49.4 Å². The number of esters is 1. The predicted molar refractivity (Wildman–Crippen MR) is 90.9 cm³/mol. The fourth-order valence-corrected chi connectivity index (χ4v) is 1.98. The molecule has 4 heteroatoms. The SMILES string of the molecule is CCc1cccc(NC(=O)COC(=O)C=Cc2ccccc2)c1. The zero-order valence-electron chi connectivity index (χ0n) is 13.0. The summed E-state index contributed by atoms with van der Waals surface area (Å²) in [6, 6.07) is 17.0. The standard InChI is InChI=1S/C19H19NO3/c1-2-15-9-6-10-17(13-15)20-18(21)14-23-19(22)12-11-16-7-4-3-5-8-16/h3-13H,2,14H2,1H3,(H,20,21). The number of anilines is 1. The van der Waals surface area contributed by atoms with E-state index in [1.165, 1.54) is 6.08 Å². The van der Waals surface area contributed by atoms with Gasteiger partial charge in [-0.25, -0.2) is 4.79 Å². The summed E-state index contributed by atoms with van der Waals surface area (Å²) in [7, 11) is 0. The van der Waals surface area contributed by atoms with E-state index in [9.17, 15) is 9.59 Å². The van der Waals surface area contributed by atoms with E-state index in [4.69, 9.17) is 4.74 Å². The van der Waals surface area contributed by atoms with Crippen molar-refractivity contribution in [2.45, 2.75) is 13.3 Å². The lowest BCUT2D eigenvalue weighted by molar-refractivity contribution is -0.142. The number of rotatable bonds is 6. The molecule has 23 heavy (non-hydrogen) atoms. The van der Waals surface area contributed by atoms with Crippen LogP contribution >= 0.6 is 0 Å². The van der Waals surface area contributed by atoms with Crippen LogP contribution in [0.5, 0.6) is 0 Å². The van der Waals surface area contributed by atoms with Crippen LogP contribution in [-0.2, 0) is 20.7 Å². The molecule has 0 fully saturated rings. The maximum atomic E-state index is 11.8. The quantitative estimate of drug-likeness (QED) is 0.657. The van der Waals surface area contributed by atoms with Crippen LogP contribution in [0.3, 0.4) is 0 Å². The number of carbonyl (C=O) groups is 2. The Morgan fingerprint density at radius 1 is 1.09 bits per heavy atom. The highest BCUT2D eigenvalue weighted by molar-refractivity contribution is 5.94. The lowest BCUT2D eigenvalue weighted by atomic mass is 10.1. The molecule has 2 aromatic rings. The van der Waals surface area contributed by atoms with E-state index in [1.54, 1.807) is 12.1 Å². The summed E-state index contributed by atoms with van der Waals surface area (Å²) in [5.74, 6) is -0.911. The smallest absolute Gasteiger partial charge is 0.331 e. The first kappa shape index (κ1) is 16.5. The largest absolute Gasteiger partial charge is 0.452 e. The molecule has 0 aliphatic carbocycles. The van der Waals surface area contributed by atoms with E-state index in [1.807, 2.05) is 55.5 Å². The van der Waals surface area contributed by atoms with Crippen LogP contribution in [-0.4, -0.2) is 18.5 Å². The number of benzene rings is 2. The fraction of sp³-hybridized carbons (Fsp3) is 0.158. The van der Waals surface area contributed by atoms with E-state index in [2.05, 4.69) is 5.32 Å². The monoisotopic (exact) mass is 309 g/mol. The van der Waals surface area contributed by atoms with Crippen LogP contribution in [0.25, 0.3) is 6.08 Å². The Morgan fingerprint density at radius 3 is 2.61 bits per heavy atom. The van der Waals surface area contributed by atoms with Gasteiger partial charge in [-0.3, -0.25) is 4.79 Å². The summed E-state index contributed by atoms with van der Waals surface area (Å²) in [5, 5.41) is 2.71. The number of hydrogen-bond acceptors (Lipinski definition) is 3. The van der Waals surface area contributed by atoms with Gasteiger partial charge < -0.3 is 10.1 Å². The summed E-state index contributed by atoms with van der Waals surface area (Å²) in [4.78, 5) is 23.4. The third kappa shape index (κ3) is 5.79. The number of amides is 1. The first-order valence-corrected chi connectivity index (χ1v) is 7.46. The van der Waals surface area contributed by atoms with Crippen molar-refractivity contribution in [2.24, 2.45) is 0 Å². The second kappa shape index (κ2) is 8.54. The molecule has 0 spiro atoms. The van der Waals surface area contributed by atoms with Crippen molar-refractivity contribution < 1.29 is 14.3 Å². The molecule has 0 saturated heterocycles. The summed E-state index contributed by atoms with van der Waals surface area (Å²) >= 11 is 0. The van der Waals surface area contributed by atoms with Gasteiger partial charge >= 0.3 is 5.97 Å². The predicted octanol–water partition coefficient (Wildman–Crippen LogP) is 3.44. The van der Waals surface area contributed by atoms with Crippen molar-refractivity contribution in [3.8, 4) is 0 Å². The highest BCUT2D eigenvalue weighted by Crippen LogP contribution is 2.10. The molecule has 0 radical (unpaired) electrons. The zero-order valence-corrected chi connectivity index (χ0v) is 13.0. The topological polar surface area (TPSA) is 55.4 Å². The van der Waals surface area contributed by atoms with Gasteiger partial charge in [-0.2, -0.15) is 0 Å². The van der Waals surface area contributed by atoms with Crippen LogP contribution in [0.15, 0.2) is 60.7 Å². The van der Waals surface area contributed by atoms with Crippen molar-refractivity contribution in [1.29, 1.82) is 0 Å². The Hall–Kier alpha value is -2.88. The first-order valence-electron chi connectivity index (χ1n) is 7.46. The minimum absolute atomic E-state index is 0.311. The highest BCUT2D eigenvalue weighted by Gasteiger charge is 2.06. The molecule has 0 aliphatic heterocycles. The minimum Gasteiger partial charge on any atom is -0.452 e. The summed E-state index contributed by atoms with van der Waals surface area (Å²) in [6.45, 7) is 1.73. The fourth-order valence-electron chi connectivity index (χ4n) is 1.98. The van der Waals surface area contributed by atoms with Gasteiger partial charge in [-0.05, 0) is 35.8 Å². The van der Waals surface area contributed by atoms with Crippen molar-refractivity contribution in [3.63, 3.8) is 0 Å². The number of carbonyl (C=O) groups excluding carboxylic acids is 2. The number of ether oxygens (including phenoxy) is 1. The van der Waals surface area contributed by atoms with Gasteiger partial charge in [0.05, 0.1) is 0 Å². The third-order valence-electron chi connectivity index (χ3n) is 3.18. The minimum atomic E-state index is -0.550. The highest BCUT2D eigenvalue weighted by atomic mass is 16.5. The zero-order chi connectivity index (χ0) is 16.5. The maximum Gasteiger partial charge on any atom is 0.331 e. The van der Waals surface area contributed by atoms with Crippen LogP contribution in [0.1, 0.15) is 18.1 Å². The summed E-state index contributed by atoms with van der Waals surface area (Å²) in [6.07, 6.45) is 3.84. The van der Waals surface area contributed by atoms with Crippen molar-refractivity contribution >= 4 is 23.6 Å². The Balaban J connectivity index is 1.79. The lowest BCUT2D eigenvalue weighted by Crippen LogP contribution is -2.20. The maximum absolute atomic E-state index is 11.8. The third-order valence-corrected chi connectivity index (χ3v) is 3.18. The van der Waals surface area contributed by atoms with Gasteiger partial charge in [0.1, 0.15) is 0 Å². The molecule has 1 N–H and O–H groups in total. The molecule has 0 heterocycles. The Labute approximate surface area is 135 Å². The second-order valence-electron chi connectivity index (χ2n) is 4.95. The molecule has 118 valence electrons. The number of hydrogen-bond donors (Lipinski definition) is 1. The molecule has 4 nitrogen and oxygen atoms in total. The van der Waals surface area contributed by atoms with Gasteiger partial charge in [0.2, 0.25) is 0 Å². The molecular formula is C19H19NO3. The number of aryl methyl sites for hydroxylation is 1. The summed E-state index contributed by atoms with van der Waals surface area (Å²) in [5.41, 5.74) is 2.72. The molecule has 2 rings (SSSR count). The van der Waals surface area contributed by atoms with Crippen LogP contribution in [0.4, 0.5) is 5.69 Å². The molecule has 0 aliphatic rings. The Bertz CT molecular complexity index is 693. The molecule has 2 aromatic carbocycles. The molecule has 1 amide bonds. The van der Waals surface area contributed by atoms with Gasteiger partial charge in [0, 0.05) is 11.8 Å². The lowest BCUT2D eigenvalue weighted by Gasteiger charge is -2.06. The molecule has 0 saturated carbocycles. The Kier molecular flexibility index (Phi) is 6.12.